The Labute approximate surface area is 109 Å². The van der Waals surface area contributed by atoms with Gasteiger partial charge in [-0.05, 0) is 37.1 Å². The number of methoxy groups -OCH3 is 1. The number of ether oxygens (including phenoxy) is 1. The lowest BCUT2D eigenvalue weighted by atomic mass is 9.94. The summed E-state index contributed by atoms with van der Waals surface area (Å²) in [6.07, 6.45) is 2.67. The molecule has 0 N–H and O–H groups in total. The minimum absolute atomic E-state index is 0.752. The normalized spacial score (nSPS) is 24.9. The van der Waals surface area contributed by atoms with Gasteiger partial charge in [0.05, 0.1) is 6.61 Å². The number of nitrogens with zero attached hydrogens (tertiary/aromatic N) is 1. The van der Waals surface area contributed by atoms with Gasteiger partial charge in [-0.15, -0.1) is 0 Å². The smallest absolute Gasteiger partial charge is 0.0502 e. The van der Waals surface area contributed by atoms with Crippen molar-refractivity contribution in [2.75, 3.05) is 38.7 Å². The molecule has 0 bridgehead atoms. The number of hydrogen-bond donors (Lipinski definition) is 0. The molecule has 2 atom stereocenters. The van der Waals surface area contributed by atoms with Crippen LogP contribution in [0.3, 0.4) is 0 Å². The maximum atomic E-state index is 5.27. The number of halogens is 1. The van der Waals surface area contributed by atoms with E-state index in [9.17, 15) is 0 Å². The first-order valence-corrected chi connectivity index (χ1v) is 7.56. The molecule has 2 unspecified atom stereocenters. The largest absolute Gasteiger partial charge is 0.384 e. The zero-order chi connectivity index (χ0) is 12.0. The van der Waals surface area contributed by atoms with Crippen molar-refractivity contribution < 1.29 is 4.74 Å². The maximum Gasteiger partial charge on any atom is 0.0502 e. The second kappa shape index (κ2) is 7.67. The second-order valence-electron chi connectivity index (χ2n) is 5.38. The fourth-order valence-electron chi connectivity index (χ4n) is 2.46. The highest BCUT2D eigenvalue weighted by atomic mass is 79.9. The molecule has 0 aromatic carbocycles. The number of rotatable bonds is 6. The van der Waals surface area contributed by atoms with Crippen molar-refractivity contribution in [3.8, 4) is 0 Å². The average Bonchev–Trinajstić information content (AvgIpc) is 2.26. The highest BCUT2D eigenvalue weighted by molar-refractivity contribution is 9.09. The lowest BCUT2D eigenvalue weighted by Gasteiger charge is -2.35. The van der Waals surface area contributed by atoms with Crippen molar-refractivity contribution in [2.24, 2.45) is 17.8 Å². The molecule has 1 aliphatic heterocycles. The molecule has 0 amide bonds. The predicted molar refractivity (Wildman–Crippen MR) is 73.2 cm³/mol. The van der Waals surface area contributed by atoms with Gasteiger partial charge in [-0.25, -0.2) is 0 Å². The lowest BCUT2D eigenvalue weighted by Crippen LogP contribution is -2.41. The summed E-state index contributed by atoms with van der Waals surface area (Å²) in [6.45, 7) is 9.31. The van der Waals surface area contributed by atoms with Gasteiger partial charge >= 0.3 is 0 Å². The number of alkyl halides is 1. The minimum atomic E-state index is 0.752. The Bertz CT molecular complexity index is 185. The summed E-state index contributed by atoms with van der Waals surface area (Å²) in [5, 5.41) is 1.12. The molecule has 1 heterocycles. The summed E-state index contributed by atoms with van der Waals surface area (Å²) >= 11 is 3.64. The van der Waals surface area contributed by atoms with E-state index in [1.807, 2.05) is 7.11 Å². The van der Waals surface area contributed by atoms with E-state index in [-0.39, 0.29) is 0 Å². The first-order valence-electron chi connectivity index (χ1n) is 6.44. The van der Waals surface area contributed by atoms with Crippen molar-refractivity contribution in [1.29, 1.82) is 0 Å². The molecular formula is C13H26BrNO. The number of piperidine rings is 1. The first-order chi connectivity index (χ1) is 7.67. The van der Waals surface area contributed by atoms with Gasteiger partial charge in [-0.1, -0.05) is 29.8 Å². The third-order valence-electron chi connectivity index (χ3n) is 3.64. The summed E-state index contributed by atoms with van der Waals surface area (Å²) in [6, 6.07) is 0. The molecule has 2 nitrogen and oxygen atoms in total. The maximum absolute atomic E-state index is 5.27. The van der Waals surface area contributed by atoms with Crippen LogP contribution in [0.1, 0.15) is 26.7 Å². The van der Waals surface area contributed by atoms with Crippen molar-refractivity contribution >= 4 is 15.9 Å². The Morgan fingerprint density at radius 1 is 1.44 bits per heavy atom. The molecule has 16 heavy (non-hydrogen) atoms. The SMILES string of the molecule is COCC1CCCN(CC(CBr)C(C)C)C1. The topological polar surface area (TPSA) is 12.5 Å². The quantitative estimate of drug-likeness (QED) is 0.698. The van der Waals surface area contributed by atoms with Gasteiger partial charge in [-0.2, -0.15) is 0 Å². The summed E-state index contributed by atoms with van der Waals surface area (Å²) in [7, 11) is 1.81. The zero-order valence-electron chi connectivity index (χ0n) is 10.9. The van der Waals surface area contributed by atoms with E-state index in [2.05, 4.69) is 34.7 Å². The monoisotopic (exact) mass is 291 g/mol. The van der Waals surface area contributed by atoms with E-state index in [4.69, 9.17) is 4.74 Å². The van der Waals surface area contributed by atoms with E-state index in [1.54, 1.807) is 0 Å². The van der Waals surface area contributed by atoms with Crippen LogP contribution in [0.15, 0.2) is 0 Å². The van der Waals surface area contributed by atoms with Crippen molar-refractivity contribution in [3.05, 3.63) is 0 Å². The third kappa shape index (κ3) is 4.72. The van der Waals surface area contributed by atoms with Crippen molar-refractivity contribution in [3.63, 3.8) is 0 Å². The Balaban J connectivity index is 2.35. The first kappa shape index (κ1) is 14.5. The molecule has 1 saturated heterocycles. The van der Waals surface area contributed by atoms with Gasteiger partial charge in [0.2, 0.25) is 0 Å². The Morgan fingerprint density at radius 2 is 2.19 bits per heavy atom. The molecule has 1 fully saturated rings. The molecule has 96 valence electrons. The zero-order valence-corrected chi connectivity index (χ0v) is 12.5. The molecule has 0 spiro atoms. The van der Waals surface area contributed by atoms with Gasteiger partial charge < -0.3 is 9.64 Å². The molecule has 0 radical (unpaired) electrons. The summed E-state index contributed by atoms with van der Waals surface area (Å²) in [5.74, 6) is 2.30. The summed E-state index contributed by atoms with van der Waals surface area (Å²) in [4.78, 5) is 2.62. The van der Waals surface area contributed by atoms with Crippen LogP contribution in [-0.2, 0) is 4.74 Å². The van der Waals surface area contributed by atoms with Crippen LogP contribution in [0, 0.1) is 17.8 Å². The van der Waals surface area contributed by atoms with Gasteiger partial charge in [0, 0.05) is 25.5 Å². The molecule has 0 saturated carbocycles. The Kier molecular flexibility index (Phi) is 6.94. The summed E-state index contributed by atoms with van der Waals surface area (Å²) in [5.41, 5.74) is 0. The van der Waals surface area contributed by atoms with E-state index in [0.29, 0.717) is 0 Å². The Morgan fingerprint density at radius 3 is 2.75 bits per heavy atom. The molecule has 1 rings (SSSR count). The van der Waals surface area contributed by atoms with Crippen LogP contribution in [0.4, 0.5) is 0 Å². The molecule has 1 aliphatic rings. The van der Waals surface area contributed by atoms with Crippen molar-refractivity contribution in [1.82, 2.24) is 4.90 Å². The van der Waals surface area contributed by atoms with Crippen molar-refractivity contribution in [2.45, 2.75) is 26.7 Å². The van der Waals surface area contributed by atoms with Gasteiger partial charge in [0.25, 0.3) is 0 Å². The molecule has 0 aliphatic carbocycles. The third-order valence-corrected chi connectivity index (χ3v) is 4.47. The fourth-order valence-corrected chi connectivity index (χ4v) is 3.41. The molecule has 3 heteroatoms. The van der Waals surface area contributed by atoms with Crippen LogP contribution in [0.25, 0.3) is 0 Å². The van der Waals surface area contributed by atoms with Gasteiger partial charge in [-0.3, -0.25) is 0 Å². The van der Waals surface area contributed by atoms with Crippen LogP contribution in [0.5, 0.6) is 0 Å². The standard InChI is InChI=1S/C13H26BrNO/c1-11(2)13(7-14)9-15-6-4-5-12(8-15)10-16-3/h11-13H,4-10H2,1-3H3. The highest BCUT2D eigenvalue weighted by Crippen LogP contribution is 2.21. The average molecular weight is 292 g/mol. The molecular weight excluding hydrogens is 266 g/mol. The molecule has 0 aromatic heterocycles. The van der Waals surface area contributed by atoms with E-state index in [1.165, 1.54) is 32.5 Å². The van der Waals surface area contributed by atoms with Crippen LogP contribution in [0.2, 0.25) is 0 Å². The van der Waals surface area contributed by atoms with Gasteiger partial charge in [0.1, 0.15) is 0 Å². The minimum Gasteiger partial charge on any atom is -0.384 e. The van der Waals surface area contributed by atoms with Crippen LogP contribution in [-0.4, -0.2) is 43.6 Å². The second-order valence-corrected chi connectivity index (χ2v) is 6.03. The summed E-state index contributed by atoms with van der Waals surface area (Å²) < 4.78 is 5.27. The van der Waals surface area contributed by atoms with E-state index in [0.717, 1.165) is 29.7 Å². The van der Waals surface area contributed by atoms with Gasteiger partial charge in [0.15, 0.2) is 0 Å². The Hall–Kier alpha value is 0.400. The number of likely N-dealkylation sites (tertiary alicyclic amines) is 1. The molecule has 0 aromatic rings. The van der Waals surface area contributed by atoms with E-state index >= 15 is 0 Å². The van der Waals surface area contributed by atoms with E-state index < -0.39 is 0 Å². The predicted octanol–water partition coefficient (Wildman–Crippen LogP) is 3.01. The number of hydrogen-bond acceptors (Lipinski definition) is 2. The highest BCUT2D eigenvalue weighted by Gasteiger charge is 2.23. The fraction of sp³-hybridized carbons (Fsp3) is 1.00. The van der Waals surface area contributed by atoms with Crippen LogP contribution >= 0.6 is 15.9 Å². The van der Waals surface area contributed by atoms with Crippen LogP contribution < -0.4 is 0 Å². The lowest BCUT2D eigenvalue weighted by molar-refractivity contribution is 0.0805.